The third-order valence-corrected chi connectivity index (χ3v) is 17.7. The smallest absolute Gasteiger partial charge is 0.233 e. The van der Waals surface area contributed by atoms with Crippen molar-refractivity contribution in [1.29, 1.82) is 0 Å². The van der Waals surface area contributed by atoms with Crippen molar-refractivity contribution in [2.45, 2.75) is 45.8 Å². The Morgan fingerprint density at radius 3 is 1.07 bits per heavy atom. The third kappa shape index (κ3) is 31.9. The second kappa shape index (κ2) is 44.9. The van der Waals surface area contributed by atoms with Gasteiger partial charge in [-0.15, -0.1) is 0 Å². The molecule has 0 bridgehead atoms. The number of nitrogen functional groups attached to an aromatic ring is 8. The highest BCUT2D eigenvalue weighted by atomic mass is 35.5. The lowest BCUT2D eigenvalue weighted by molar-refractivity contribution is 0.866. The van der Waals surface area contributed by atoms with E-state index in [2.05, 4.69) is 127 Å². The van der Waals surface area contributed by atoms with E-state index in [4.69, 9.17) is 162 Å². The van der Waals surface area contributed by atoms with Crippen LogP contribution in [0.2, 0.25) is 50.2 Å². The molecule has 6 aromatic heterocycles. The average Bonchev–Trinajstić information content (AvgIpc) is 0.784. The van der Waals surface area contributed by atoms with Gasteiger partial charge in [0, 0.05) is 85.2 Å². The first-order valence-corrected chi connectivity index (χ1v) is 37.5. The minimum absolute atomic E-state index is 0.0575. The molecule has 23 N–H and O–H groups in total. The molecule has 0 saturated carbocycles. The molecule has 6 aromatic carbocycles. The number of hydrogen-bond donors (Lipinski definition) is 15. The second-order valence-electron chi connectivity index (χ2n) is 24.3. The van der Waals surface area contributed by atoms with Crippen LogP contribution in [0, 0.1) is 0 Å². The Labute approximate surface area is 711 Å². The van der Waals surface area contributed by atoms with Crippen LogP contribution in [-0.2, 0) is 25.9 Å². The van der Waals surface area contributed by atoms with E-state index in [0.29, 0.717) is 141 Å². The normalized spacial score (nSPS) is 10.4. The fourth-order valence-corrected chi connectivity index (χ4v) is 10.4. The first kappa shape index (κ1) is 90.9. The van der Waals surface area contributed by atoms with E-state index >= 15 is 0 Å². The molecule has 0 atom stereocenters. The highest BCUT2D eigenvalue weighted by Crippen LogP contribution is 2.30. The van der Waals surface area contributed by atoms with Crippen LogP contribution in [0.15, 0.2) is 121 Å². The minimum Gasteiger partial charge on any atom is -0.368 e. The summed E-state index contributed by atoms with van der Waals surface area (Å²) in [7, 11) is 11.0. The van der Waals surface area contributed by atoms with Gasteiger partial charge in [-0.1, -0.05) is 165 Å². The summed E-state index contributed by atoms with van der Waals surface area (Å²) < 4.78 is 0. The Kier molecular flexibility index (Phi) is 35.5. The van der Waals surface area contributed by atoms with Crippen LogP contribution >= 0.6 is 116 Å². The van der Waals surface area contributed by atoms with Crippen molar-refractivity contribution in [1.82, 2.24) is 89.7 Å². The number of rotatable bonds is 23. The number of anilines is 20. The summed E-state index contributed by atoms with van der Waals surface area (Å²) in [6.07, 6.45) is 1.52. The van der Waals surface area contributed by atoms with Gasteiger partial charge in [0.25, 0.3) is 0 Å². The summed E-state index contributed by atoms with van der Waals surface area (Å²) >= 11 is 59.3. The molecule has 12 rings (SSSR count). The number of benzene rings is 6. The summed E-state index contributed by atoms with van der Waals surface area (Å²) in [5, 5.41) is 26.7. The van der Waals surface area contributed by atoms with E-state index in [9.17, 15) is 0 Å². The van der Waals surface area contributed by atoms with Crippen molar-refractivity contribution in [3.05, 3.63) is 194 Å². The Balaban J connectivity index is 0.000000192. The highest BCUT2D eigenvalue weighted by Gasteiger charge is 2.14. The second-order valence-corrected chi connectivity index (χ2v) is 28.4. The van der Waals surface area contributed by atoms with Crippen LogP contribution in [0.3, 0.4) is 0 Å². The van der Waals surface area contributed by atoms with Crippen molar-refractivity contribution in [2.75, 3.05) is 153 Å². The lowest BCUT2D eigenvalue weighted by Crippen LogP contribution is -2.17. The fraction of sp³-hybridized carbons (Fsp3) is 0.217. The van der Waals surface area contributed by atoms with Crippen LogP contribution in [0.4, 0.5) is 118 Å². The monoisotopic (exact) mass is 1760 g/mol. The zero-order chi connectivity index (χ0) is 84.0. The summed E-state index contributed by atoms with van der Waals surface area (Å²) in [5.74, 6) is 5.12. The van der Waals surface area contributed by atoms with Crippen LogP contribution in [0.5, 0.6) is 0 Å². The molecule has 6 heterocycles. The molecular formula is C69H80Cl10N36. The average molecular weight is 1770 g/mol. The maximum atomic E-state index is 6.01. The predicted molar refractivity (Wildman–Crippen MR) is 470 cm³/mol. The Morgan fingerprint density at radius 2 is 0.635 bits per heavy atom. The van der Waals surface area contributed by atoms with Gasteiger partial charge in [-0.25, -0.2) is 0 Å². The molecule has 0 unspecified atom stereocenters. The summed E-state index contributed by atoms with van der Waals surface area (Å²) in [4.78, 5) is 77.4. The molecule has 12 aromatic rings. The van der Waals surface area contributed by atoms with Gasteiger partial charge in [0.15, 0.2) is 0 Å². The van der Waals surface area contributed by atoms with E-state index in [1.807, 2.05) is 123 Å². The number of para-hydroxylation sites is 1. The molecule has 0 radical (unpaired) electrons. The van der Waals surface area contributed by atoms with Gasteiger partial charge < -0.3 is 97.8 Å². The maximum absolute atomic E-state index is 6.01. The highest BCUT2D eigenvalue weighted by molar-refractivity contribution is 6.43. The maximum Gasteiger partial charge on any atom is 0.233 e. The molecule has 115 heavy (non-hydrogen) atoms. The van der Waals surface area contributed by atoms with Crippen molar-refractivity contribution >= 4 is 234 Å². The Bertz CT molecular complexity index is 5130. The van der Waals surface area contributed by atoms with Gasteiger partial charge in [-0.05, 0) is 122 Å². The zero-order valence-corrected chi connectivity index (χ0v) is 70.2. The molecule has 0 aliphatic carbocycles. The SMILES string of the molecule is CC(C)Nc1nc(N)nc(NCCc2ccc(Cl)c(Cl)c2)n1.CN(C)c1nc(N)nc(NCCc2ccc(Cl)c(Cl)c2)n1.CN(C)c1nc(N)nc(NCc2ccc(Cl)c(Cl)c2)n1.CN(C)c1nc(N)nc(Nc2ccc(Cl)c(Cl)c2)n1.Nc1nc(N)nc(NCc2ccccc2Cl)n1.Nc1nc(N)nc(Nc2ccccc2Cl)n1. The van der Waals surface area contributed by atoms with Gasteiger partial charge in [-0.3, -0.25) is 0 Å². The molecule has 0 amide bonds. The van der Waals surface area contributed by atoms with Gasteiger partial charge in [0.2, 0.25) is 107 Å². The van der Waals surface area contributed by atoms with Gasteiger partial charge in [0.1, 0.15) is 0 Å². The minimum atomic E-state index is 0.0575. The van der Waals surface area contributed by atoms with E-state index < -0.39 is 0 Å². The van der Waals surface area contributed by atoms with Crippen molar-refractivity contribution in [3.8, 4) is 0 Å². The fourth-order valence-electron chi connectivity index (χ4n) is 8.76. The number of hydrogen-bond acceptors (Lipinski definition) is 36. The van der Waals surface area contributed by atoms with E-state index in [-0.39, 0.29) is 59.6 Å². The van der Waals surface area contributed by atoms with Crippen LogP contribution in [-0.4, -0.2) is 151 Å². The largest absolute Gasteiger partial charge is 0.368 e. The number of aromatic nitrogens is 18. The van der Waals surface area contributed by atoms with Crippen molar-refractivity contribution < 1.29 is 0 Å². The van der Waals surface area contributed by atoms with Gasteiger partial charge in [0.05, 0.1) is 50.9 Å². The third-order valence-electron chi connectivity index (χ3n) is 14.0. The zero-order valence-electron chi connectivity index (χ0n) is 62.7. The van der Waals surface area contributed by atoms with Crippen LogP contribution in [0.1, 0.15) is 36.1 Å². The number of nitrogens with one attached hydrogen (secondary N) is 7. The van der Waals surface area contributed by atoms with E-state index in [0.717, 1.165) is 35.1 Å². The van der Waals surface area contributed by atoms with Crippen LogP contribution in [0.25, 0.3) is 0 Å². The molecule has 46 heteroatoms. The molecule has 0 aliphatic rings. The lowest BCUT2D eigenvalue weighted by Gasteiger charge is -2.12. The standard InChI is InChI=1S/C14H18Cl2N6.C13H16Cl2N6.C12H14Cl2N6.C11H12Cl2N6.C10H11ClN6.C9H9ClN6/c1-8(2)19-14-21-12(17)20-13(22-14)18-6-5-9-3-4-10(15)11(16)7-9;1-21(2)13-19-11(16)18-12(20-13)17-6-5-8-3-4-9(14)10(15)7-8;1-20(2)12-18-10(15)17-11(19-12)16-6-7-3-4-8(13)9(14)5-7;1-19(2)11-17-9(14)16-10(18-11)15-6-3-4-7(12)8(13)5-6;11-7-4-2-1-3-6(7)5-14-10-16-8(12)15-9(13)17-10;10-5-3-1-2-4-6(5)13-9-15-7(11)14-8(12)16-9/h3-4,7-8H,5-6H2,1-2H3,(H4,17,18,19,20,21,22);3-4,7H,5-6H2,1-2H3,(H3,16,17,18,19,20);3-5H,6H2,1-2H3,(H3,15,16,17,18,19);3-5H,1-2H3,(H3,14,15,16,17,18);1-4H,5H2,(H5,12,13,14,15,16,17);1-4H,(H5,11,12,13,14,15,16). The molecule has 0 aliphatic heterocycles. The summed E-state index contributed by atoms with van der Waals surface area (Å²) in [6.45, 7) is 6.28. The Hall–Kier alpha value is -11.3. The molecule has 36 nitrogen and oxygen atoms in total. The van der Waals surface area contributed by atoms with E-state index in [1.165, 1.54) is 0 Å². The molecule has 0 saturated heterocycles. The van der Waals surface area contributed by atoms with E-state index in [1.54, 1.807) is 69.3 Å². The summed E-state index contributed by atoms with van der Waals surface area (Å²) in [6, 6.07) is 36.6. The first-order chi connectivity index (χ1) is 54.6. The number of halogens is 10. The van der Waals surface area contributed by atoms with Crippen molar-refractivity contribution in [3.63, 3.8) is 0 Å². The lowest BCUT2D eigenvalue weighted by atomic mass is 10.1. The molecule has 606 valence electrons. The van der Waals surface area contributed by atoms with Gasteiger partial charge in [-0.2, -0.15) is 89.7 Å². The quantitative estimate of drug-likeness (QED) is 0.0283. The van der Waals surface area contributed by atoms with Gasteiger partial charge >= 0.3 is 0 Å². The first-order valence-electron chi connectivity index (χ1n) is 33.7. The molecular weight excluding hydrogens is 1690 g/mol. The predicted octanol–water partition coefficient (Wildman–Crippen LogP) is 13.5. The molecule has 0 spiro atoms. The van der Waals surface area contributed by atoms with Crippen molar-refractivity contribution in [2.24, 2.45) is 0 Å². The van der Waals surface area contributed by atoms with Crippen LogP contribution < -0.4 is 97.8 Å². The number of nitrogens with two attached hydrogens (primary N) is 8. The summed E-state index contributed by atoms with van der Waals surface area (Å²) in [5.41, 5.74) is 49.8. The molecule has 0 fully saturated rings. The topological polar surface area (TPSA) is 534 Å². The number of nitrogens with zero attached hydrogens (tertiary/aromatic N) is 21. The Morgan fingerprint density at radius 1 is 0.296 bits per heavy atom.